The van der Waals surface area contributed by atoms with Gasteiger partial charge in [0.05, 0.1) is 17.7 Å². The van der Waals surface area contributed by atoms with Gasteiger partial charge in [-0.15, -0.1) is 0 Å². The summed E-state index contributed by atoms with van der Waals surface area (Å²) in [5.74, 6) is -1.07. The standard InChI is InChI=1S/C22H19ClFN3O3S/c23-19-11-9-17(10-12-19)15-27(31(29,30)21-7-2-1-3-8-21)16-22(28)26-25-14-18-5-4-6-20(24)13-18/h1-14H,15-16H2,(H,26,28)/b25-14-. The number of nitrogens with zero attached hydrogens (tertiary/aromatic N) is 2. The maximum absolute atomic E-state index is 13.2. The molecule has 0 aliphatic carbocycles. The Morgan fingerprint density at radius 3 is 2.42 bits per heavy atom. The highest BCUT2D eigenvalue weighted by atomic mass is 35.5. The molecule has 0 atom stereocenters. The van der Waals surface area contributed by atoms with Crippen LogP contribution in [0.4, 0.5) is 4.39 Å². The van der Waals surface area contributed by atoms with Gasteiger partial charge in [0, 0.05) is 11.6 Å². The highest BCUT2D eigenvalue weighted by molar-refractivity contribution is 7.89. The molecule has 0 fully saturated rings. The minimum atomic E-state index is -3.95. The van der Waals surface area contributed by atoms with E-state index in [0.29, 0.717) is 16.1 Å². The molecular formula is C22H19ClFN3O3S. The van der Waals surface area contributed by atoms with Crippen LogP contribution in [-0.4, -0.2) is 31.4 Å². The number of benzene rings is 3. The van der Waals surface area contributed by atoms with Crippen molar-refractivity contribution in [2.75, 3.05) is 6.54 Å². The number of carbonyl (C=O) groups is 1. The van der Waals surface area contributed by atoms with Crippen molar-refractivity contribution >= 4 is 33.7 Å². The topological polar surface area (TPSA) is 78.8 Å². The van der Waals surface area contributed by atoms with Crippen LogP contribution in [0.25, 0.3) is 0 Å². The molecule has 0 bridgehead atoms. The summed E-state index contributed by atoms with van der Waals surface area (Å²) in [5, 5.41) is 4.30. The first-order chi connectivity index (χ1) is 14.8. The molecule has 6 nitrogen and oxygen atoms in total. The van der Waals surface area contributed by atoms with Crippen molar-refractivity contribution in [3.8, 4) is 0 Å². The van der Waals surface area contributed by atoms with Crippen LogP contribution in [-0.2, 0) is 21.4 Å². The first-order valence-electron chi connectivity index (χ1n) is 9.22. The van der Waals surface area contributed by atoms with E-state index in [2.05, 4.69) is 10.5 Å². The molecule has 0 aromatic heterocycles. The zero-order chi connectivity index (χ0) is 22.3. The number of hydrogen-bond donors (Lipinski definition) is 1. The van der Waals surface area contributed by atoms with Crippen LogP contribution in [0.1, 0.15) is 11.1 Å². The molecule has 0 saturated carbocycles. The smallest absolute Gasteiger partial charge is 0.255 e. The monoisotopic (exact) mass is 459 g/mol. The number of carbonyl (C=O) groups excluding carboxylic acids is 1. The molecule has 9 heteroatoms. The summed E-state index contributed by atoms with van der Waals surface area (Å²) in [6, 6.07) is 20.2. The van der Waals surface area contributed by atoms with Gasteiger partial charge in [0.1, 0.15) is 5.82 Å². The summed E-state index contributed by atoms with van der Waals surface area (Å²) >= 11 is 5.90. The van der Waals surface area contributed by atoms with E-state index in [1.165, 1.54) is 36.5 Å². The van der Waals surface area contributed by atoms with Gasteiger partial charge in [-0.1, -0.05) is 54.1 Å². The Morgan fingerprint density at radius 2 is 1.74 bits per heavy atom. The van der Waals surface area contributed by atoms with E-state index >= 15 is 0 Å². The third-order valence-electron chi connectivity index (χ3n) is 4.22. The average molecular weight is 460 g/mol. The molecule has 0 aliphatic rings. The van der Waals surface area contributed by atoms with E-state index in [1.54, 1.807) is 48.5 Å². The minimum Gasteiger partial charge on any atom is -0.272 e. The maximum atomic E-state index is 13.2. The molecule has 31 heavy (non-hydrogen) atoms. The van der Waals surface area contributed by atoms with Gasteiger partial charge in [-0.05, 0) is 47.5 Å². The van der Waals surface area contributed by atoms with Crippen LogP contribution in [0.15, 0.2) is 88.9 Å². The largest absolute Gasteiger partial charge is 0.272 e. The van der Waals surface area contributed by atoms with Gasteiger partial charge in [-0.25, -0.2) is 18.2 Å². The average Bonchev–Trinajstić information content (AvgIpc) is 2.75. The van der Waals surface area contributed by atoms with Gasteiger partial charge in [0.15, 0.2) is 0 Å². The van der Waals surface area contributed by atoms with Crippen LogP contribution < -0.4 is 5.43 Å². The summed E-state index contributed by atoms with van der Waals surface area (Å²) < 4.78 is 40.5. The Bertz CT molecular complexity index is 1170. The number of amides is 1. The SMILES string of the molecule is O=C(CN(Cc1ccc(Cl)cc1)S(=O)(=O)c1ccccc1)N/N=C\c1cccc(F)c1. The lowest BCUT2D eigenvalue weighted by Crippen LogP contribution is -2.39. The Hall–Kier alpha value is -3.07. The quantitative estimate of drug-likeness (QED) is 0.411. The van der Waals surface area contributed by atoms with Crippen molar-refractivity contribution < 1.29 is 17.6 Å². The molecule has 3 aromatic rings. The zero-order valence-corrected chi connectivity index (χ0v) is 17.9. The Morgan fingerprint density at radius 1 is 1.03 bits per heavy atom. The van der Waals surface area contributed by atoms with Crippen molar-refractivity contribution in [3.05, 3.63) is 101 Å². The minimum absolute atomic E-state index is 0.0323. The maximum Gasteiger partial charge on any atom is 0.255 e. The van der Waals surface area contributed by atoms with E-state index < -0.39 is 28.3 Å². The van der Waals surface area contributed by atoms with Crippen LogP contribution in [0.2, 0.25) is 5.02 Å². The first-order valence-corrected chi connectivity index (χ1v) is 11.0. The number of hydrogen-bond acceptors (Lipinski definition) is 4. The van der Waals surface area contributed by atoms with Gasteiger partial charge < -0.3 is 0 Å². The molecule has 160 valence electrons. The predicted octanol–water partition coefficient (Wildman–Crippen LogP) is 3.82. The van der Waals surface area contributed by atoms with Crippen LogP contribution >= 0.6 is 11.6 Å². The number of halogens is 2. The normalized spacial score (nSPS) is 11.7. The van der Waals surface area contributed by atoms with Gasteiger partial charge >= 0.3 is 0 Å². The fourth-order valence-electron chi connectivity index (χ4n) is 2.72. The van der Waals surface area contributed by atoms with Gasteiger partial charge in [0.25, 0.3) is 5.91 Å². The highest BCUT2D eigenvalue weighted by Crippen LogP contribution is 2.19. The van der Waals surface area contributed by atoms with Crippen molar-refractivity contribution in [2.45, 2.75) is 11.4 Å². The van der Waals surface area contributed by atoms with E-state index in [1.807, 2.05) is 0 Å². The third kappa shape index (κ3) is 6.45. The molecule has 1 N–H and O–H groups in total. The molecule has 0 heterocycles. The van der Waals surface area contributed by atoms with Gasteiger partial charge in [0.2, 0.25) is 10.0 Å². The predicted molar refractivity (Wildman–Crippen MR) is 118 cm³/mol. The molecule has 0 unspecified atom stereocenters. The first kappa shape index (κ1) is 22.6. The third-order valence-corrected chi connectivity index (χ3v) is 6.28. The molecule has 0 aliphatic heterocycles. The van der Waals surface area contributed by atoms with Crippen molar-refractivity contribution in [2.24, 2.45) is 5.10 Å². The van der Waals surface area contributed by atoms with Crippen LogP contribution in [0.5, 0.6) is 0 Å². The number of sulfonamides is 1. The van der Waals surface area contributed by atoms with Gasteiger partial charge in [-0.2, -0.15) is 9.41 Å². The highest BCUT2D eigenvalue weighted by Gasteiger charge is 2.26. The fourth-order valence-corrected chi connectivity index (χ4v) is 4.25. The number of rotatable bonds is 8. The van der Waals surface area contributed by atoms with E-state index in [4.69, 9.17) is 11.6 Å². The number of nitrogens with one attached hydrogen (secondary N) is 1. The second-order valence-corrected chi connectivity index (χ2v) is 8.94. The lowest BCUT2D eigenvalue weighted by Gasteiger charge is -2.21. The molecule has 1 amide bonds. The van der Waals surface area contributed by atoms with Gasteiger partial charge in [-0.3, -0.25) is 4.79 Å². The zero-order valence-electron chi connectivity index (χ0n) is 16.3. The summed E-state index contributed by atoms with van der Waals surface area (Å²) in [6.07, 6.45) is 1.27. The van der Waals surface area contributed by atoms with Crippen LogP contribution in [0.3, 0.4) is 0 Å². The Balaban J connectivity index is 1.77. The summed E-state index contributed by atoms with van der Waals surface area (Å²) in [4.78, 5) is 12.5. The molecule has 3 aromatic carbocycles. The van der Waals surface area contributed by atoms with Crippen molar-refractivity contribution in [3.63, 3.8) is 0 Å². The van der Waals surface area contributed by atoms with Crippen molar-refractivity contribution in [1.29, 1.82) is 0 Å². The van der Waals surface area contributed by atoms with Crippen molar-refractivity contribution in [1.82, 2.24) is 9.73 Å². The lowest BCUT2D eigenvalue weighted by atomic mass is 10.2. The Kier molecular flexibility index (Phi) is 7.51. The fraction of sp³-hybridized carbons (Fsp3) is 0.0909. The molecule has 3 rings (SSSR count). The second-order valence-electron chi connectivity index (χ2n) is 6.56. The molecule has 0 saturated heterocycles. The van der Waals surface area contributed by atoms with Crippen LogP contribution in [0, 0.1) is 5.82 Å². The Labute approximate surface area is 185 Å². The molecule has 0 spiro atoms. The summed E-state index contributed by atoms with van der Waals surface area (Å²) in [7, 11) is -3.95. The summed E-state index contributed by atoms with van der Waals surface area (Å²) in [5.41, 5.74) is 3.40. The molecular weight excluding hydrogens is 441 g/mol. The molecule has 0 radical (unpaired) electrons. The summed E-state index contributed by atoms with van der Waals surface area (Å²) in [6.45, 7) is -0.490. The van der Waals surface area contributed by atoms with E-state index in [-0.39, 0.29) is 11.4 Å². The second kappa shape index (κ2) is 10.3. The van der Waals surface area contributed by atoms with E-state index in [0.717, 1.165) is 4.31 Å². The number of hydrazone groups is 1. The lowest BCUT2D eigenvalue weighted by molar-refractivity contribution is -0.121. The van der Waals surface area contributed by atoms with E-state index in [9.17, 15) is 17.6 Å².